The Kier molecular flexibility index (Phi) is 3.50. The lowest BCUT2D eigenvalue weighted by Gasteiger charge is -2.39. The molecule has 1 N–H and O–H groups in total. The number of ether oxygens (including phenoxy) is 1. The van der Waals surface area contributed by atoms with Gasteiger partial charge in [0.15, 0.2) is 0 Å². The highest BCUT2D eigenvalue weighted by molar-refractivity contribution is 9.10. The second-order valence-corrected chi connectivity index (χ2v) is 6.47. The van der Waals surface area contributed by atoms with Crippen LogP contribution in [0, 0.1) is 5.92 Å². The fourth-order valence-electron chi connectivity index (χ4n) is 2.69. The molecule has 1 heterocycles. The number of aliphatic hydroxyl groups excluding tert-OH is 1. The summed E-state index contributed by atoms with van der Waals surface area (Å²) in [5.41, 5.74) is 0.635. The molecule has 0 saturated carbocycles. The molecule has 94 valence electrons. The molecule has 0 bridgehead atoms. The Labute approximate surface area is 111 Å². The van der Waals surface area contributed by atoms with E-state index in [0.717, 1.165) is 22.2 Å². The van der Waals surface area contributed by atoms with E-state index in [0.29, 0.717) is 12.3 Å². The van der Waals surface area contributed by atoms with E-state index in [4.69, 9.17) is 4.74 Å². The molecule has 1 aliphatic heterocycles. The van der Waals surface area contributed by atoms with E-state index in [1.54, 1.807) is 0 Å². The number of fused-ring (bicyclic) bond motifs is 1. The van der Waals surface area contributed by atoms with Gasteiger partial charge in [-0.05, 0) is 31.4 Å². The molecule has 2 rings (SSSR count). The van der Waals surface area contributed by atoms with Crippen molar-refractivity contribution in [2.24, 2.45) is 5.92 Å². The zero-order chi connectivity index (χ0) is 12.6. The Hall–Kier alpha value is -0.540. The molecular formula is C14H19BrO2. The molecule has 0 aromatic heterocycles. The number of rotatable bonds is 2. The molecule has 1 aromatic rings. The number of hydrogen-bond acceptors (Lipinski definition) is 2. The van der Waals surface area contributed by atoms with E-state index < -0.39 is 6.10 Å². The zero-order valence-electron chi connectivity index (χ0n) is 10.5. The van der Waals surface area contributed by atoms with Gasteiger partial charge in [-0.3, -0.25) is 0 Å². The van der Waals surface area contributed by atoms with E-state index in [1.165, 1.54) is 0 Å². The average Bonchev–Trinajstić information content (AvgIpc) is 2.13. The summed E-state index contributed by atoms with van der Waals surface area (Å²) in [5.74, 6) is 1.36. The first-order chi connectivity index (χ1) is 7.89. The van der Waals surface area contributed by atoms with Crippen molar-refractivity contribution < 1.29 is 9.84 Å². The lowest BCUT2D eigenvalue weighted by molar-refractivity contribution is -0.0144. The molecule has 0 fully saturated rings. The number of halogens is 1. The standard InChI is InChI=1S/C14H19BrO2/c1-9(2)7-14(3)8-12(16)11-5-4-10(15)6-13(11)17-14/h4-6,9,12,16H,7-8H2,1-3H3. The van der Waals surface area contributed by atoms with Crippen LogP contribution in [-0.4, -0.2) is 10.7 Å². The van der Waals surface area contributed by atoms with Gasteiger partial charge in [0.25, 0.3) is 0 Å². The van der Waals surface area contributed by atoms with Gasteiger partial charge in [0.05, 0.1) is 6.10 Å². The molecule has 0 amide bonds. The summed E-state index contributed by atoms with van der Waals surface area (Å²) in [6.07, 6.45) is 1.20. The van der Waals surface area contributed by atoms with E-state index in [2.05, 4.69) is 36.7 Å². The van der Waals surface area contributed by atoms with E-state index in [-0.39, 0.29) is 5.60 Å². The van der Waals surface area contributed by atoms with Crippen LogP contribution < -0.4 is 4.74 Å². The smallest absolute Gasteiger partial charge is 0.127 e. The number of aliphatic hydroxyl groups is 1. The first-order valence-electron chi connectivity index (χ1n) is 6.06. The Morgan fingerprint density at radius 3 is 2.88 bits per heavy atom. The highest BCUT2D eigenvalue weighted by Crippen LogP contribution is 2.42. The molecule has 2 unspecified atom stereocenters. The minimum atomic E-state index is -0.421. The molecular weight excluding hydrogens is 280 g/mol. The van der Waals surface area contributed by atoms with Gasteiger partial charge in [0, 0.05) is 16.5 Å². The Balaban J connectivity index is 2.31. The normalized spacial score (nSPS) is 27.8. The maximum atomic E-state index is 10.2. The lowest BCUT2D eigenvalue weighted by Crippen LogP contribution is -2.39. The van der Waals surface area contributed by atoms with Crippen molar-refractivity contribution >= 4 is 15.9 Å². The molecule has 2 atom stereocenters. The van der Waals surface area contributed by atoms with Crippen molar-refractivity contribution in [1.82, 2.24) is 0 Å². The minimum absolute atomic E-state index is 0.263. The molecule has 1 aliphatic rings. The molecule has 0 saturated heterocycles. The highest BCUT2D eigenvalue weighted by atomic mass is 79.9. The second kappa shape index (κ2) is 4.62. The summed E-state index contributed by atoms with van der Waals surface area (Å²) < 4.78 is 7.08. The Morgan fingerprint density at radius 2 is 2.24 bits per heavy atom. The Bertz CT molecular complexity index is 417. The van der Waals surface area contributed by atoms with Crippen LogP contribution in [0.2, 0.25) is 0 Å². The minimum Gasteiger partial charge on any atom is -0.487 e. The second-order valence-electron chi connectivity index (χ2n) is 5.55. The van der Waals surface area contributed by atoms with Crippen LogP contribution in [0.1, 0.15) is 45.3 Å². The third-order valence-electron chi connectivity index (χ3n) is 3.16. The predicted octanol–water partition coefficient (Wildman–Crippen LogP) is 4.07. The van der Waals surface area contributed by atoms with Crippen molar-refractivity contribution in [3.8, 4) is 5.75 Å². The van der Waals surface area contributed by atoms with Crippen LogP contribution in [0.5, 0.6) is 5.75 Å². The third-order valence-corrected chi connectivity index (χ3v) is 3.65. The topological polar surface area (TPSA) is 29.5 Å². The SMILES string of the molecule is CC(C)CC1(C)CC(O)c2ccc(Br)cc2O1. The summed E-state index contributed by atoms with van der Waals surface area (Å²) >= 11 is 3.44. The highest BCUT2D eigenvalue weighted by Gasteiger charge is 2.36. The van der Waals surface area contributed by atoms with Crippen LogP contribution in [0.15, 0.2) is 22.7 Å². The van der Waals surface area contributed by atoms with Crippen molar-refractivity contribution in [1.29, 1.82) is 0 Å². The van der Waals surface area contributed by atoms with Crippen molar-refractivity contribution in [3.63, 3.8) is 0 Å². The first kappa shape index (κ1) is 12.9. The molecule has 3 heteroatoms. The molecule has 1 aromatic carbocycles. The monoisotopic (exact) mass is 298 g/mol. The van der Waals surface area contributed by atoms with Gasteiger partial charge in [-0.2, -0.15) is 0 Å². The van der Waals surface area contributed by atoms with Crippen LogP contribution in [0.25, 0.3) is 0 Å². The van der Waals surface area contributed by atoms with Gasteiger partial charge in [0.2, 0.25) is 0 Å². The van der Waals surface area contributed by atoms with Gasteiger partial charge < -0.3 is 9.84 Å². The summed E-state index contributed by atoms with van der Waals surface area (Å²) in [6.45, 7) is 6.44. The largest absolute Gasteiger partial charge is 0.487 e. The van der Waals surface area contributed by atoms with Gasteiger partial charge in [-0.15, -0.1) is 0 Å². The Morgan fingerprint density at radius 1 is 1.53 bits per heavy atom. The van der Waals surface area contributed by atoms with E-state index >= 15 is 0 Å². The molecule has 2 nitrogen and oxygen atoms in total. The molecule has 0 aliphatic carbocycles. The first-order valence-corrected chi connectivity index (χ1v) is 6.85. The van der Waals surface area contributed by atoms with Gasteiger partial charge in [-0.25, -0.2) is 0 Å². The predicted molar refractivity (Wildman–Crippen MR) is 72.2 cm³/mol. The number of hydrogen-bond donors (Lipinski definition) is 1. The molecule has 17 heavy (non-hydrogen) atoms. The van der Waals surface area contributed by atoms with E-state index in [1.807, 2.05) is 18.2 Å². The average molecular weight is 299 g/mol. The summed E-state index contributed by atoms with van der Waals surface area (Å²) in [7, 11) is 0. The lowest BCUT2D eigenvalue weighted by atomic mass is 9.84. The van der Waals surface area contributed by atoms with Gasteiger partial charge in [-0.1, -0.05) is 35.8 Å². The number of benzene rings is 1. The van der Waals surface area contributed by atoms with Crippen LogP contribution in [0.3, 0.4) is 0 Å². The molecule has 0 radical (unpaired) electrons. The van der Waals surface area contributed by atoms with E-state index in [9.17, 15) is 5.11 Å². The summed E-state index contributed by atoms with van der Waals surface area (Å²) in [6, 6.07) is 5.81. The maximum Gasteiger partial charge on any atom is 0.127 e. The van der Waals surface area contributed by atoms with Crippen molar-refractivity contribution in [3.05, 3.63) is 28.2 Å². The third kappa shape index (κ3) is 2.83. The fraction of sp³-hybridized carbons (Fsp3) is 0.571. The molecule has 0 spiro atoms. The van der Waals surface area contributed by atoms with Gasteiger partial charge in [0.1, 0.15) is 11.4 Å². The van der Waals surface area contributed by atoms with Crippen molar-refractivity contribution in [2.75, 3.05) is 0 Å². The summed E-state index contributed by atoms with van der Waals surface area (Å²) in [5, 5.41) is 10.2. The van der Waals surface area contributed by atoms with Crippen molar-refractivity contribution in [2.45, 2.75) is 45.3 Å². The van der Waals surface area contributed by atoms with Crippen LogP contribution >= 0.6 is 15.9 Å². The van der Waals surface area contributed by atoms with Gasteiger partial charge >= 0.3 is 0 Å². The van der Waals surface area contributed by atoms with Crippen LogP contribution in [-0.2, 0) is 0 Å². The fourth-order valence-corrected chi connectivity index (χ4v) is 3.03. The van der Waals surface area contributed by atoms with Crippen LogP contribution in [0.4, 0.5) is 0 Å². The zero-order valence-corrected chi connectivity index (χ0v) is 12.1. The maximum absolute atomic E-state index is 10.2. The quantitative estimate of drug-likeness (QED) is 0.892. The summed E-state index contributed by atoms with van der Waals surface area (Å²) in [4.78, 5) is 0.